The number of rotatable bonds is 11. The predicted octanol–water partition coefficient (Wildman–Crippen LogP) is 2.67. The number of hydrogen-bond donors (Lipinski definition) is 2. The maximum atomic E-state index is 12.0. The van der Waals surface area contributed by atoms with Gasteiger partial charge in [-0.05, 0) is 70.9 Å². The summed E-state index contributed by atoms with van der Waals surface area (Å²) in [4.78, 5) is 35.3. The van der Waals surface area contributed by atoms with Crippen molar-refractivity contribution in [2.45, 2.75) is 13.3 Å². The van der Waals surface area contributed by atoms with Crippen molar-refractivity contribution in [1.29, 1.82) is 0 Å². The standard InChI is InChI=1S/C22H24BrN3O6/c1-3-31-21(28)14-32-19-9-4-15(12-18(19)23)13-25-26-20(27)10-11-24-22(29)16-5-7-17(30-2)8-6-16/h4-9,12-13H,3,10-11,14H2,1-2H3,(H,24,29)(H,26,27). The molecule has 0 radical (unpaired) electrons. The van der Waals surface area contributed by atoms with E-state index in [0.717, 1.165) is 0 Å². The van der Waals surface area contributed by atoms with Crippen molar-refractivity contribution < 1.29 is 28.6 Å². The molecule has 0 aliphatic carbocycles. The van der Waals surface area contributed by atoms with Crippen LogP contribution in [0.5, 0.6) is 11.5 Å². The van der Waals surface area contributed by atoms with Gasteiger partial charge in [-0.3, -0.25) is 9.59 Å². The number of benzene rings is 2. The number of amides is 2. The fourth-order valence-electron chi connectivity index (χ4n) is 2.42. The first-order chi connectivity index (χ1) is 15.4. The SMILES string of the molecule is CCOC(=O)COc1ccc(C=NNC(=O)CCNC(=O)c2ccc(OC)cc2)cc1Br. The molecule has 2 amide bonds. The number of nitrogens with one attached hydrogen (secondary N) is 2. The van der Waals surface area contributed by atoms with Crippen LogP contribution in [0.2, 0.25) is 0 Å². The van der Waals surface area contributed by atoms with Crippen molar-refractivity contribution in [2.24, 2.45) is 5.10 Å². The summed E-state index contributed by atoms with van der Waals surface area (Å²) in [6, 6.07) is 11.8. The number of hydrogen-bond acceptors (Lipinski definition) is 7. The molecule has 2 aromatic carbocycles. The Morgan fingerprint density at radius 3 is 2.53 bits per heavy atom. The first-order valence-electron chi connectivity index (χ1n) is 9.75. The van der Waals surface area contributed by atoms with Crippen molar-refractivity contribution in [3.63, 3.8) is 0 Å². The average Bonchev–Trinajstić information content (AvgIpc) is 2.78. The normalized spacial score (nSPS) is 10.5. The summed E-state index contributed by atoms with van der Waals surface area (Å²) in [5, 5.41) is 6.57. The zero-order valence-electron chi connectivity index (χ0n) is 17.7. The third-order valence-corrected chi connectivity index (χ3v) is 4.62. The third-order valence-electron chi connectivity index (χ3n) is 4.00. The van der Waals surface area contributed by atoms with Crippen LogP contribution < -0.4 is 20.2 Å². The van der Waals surface area contributed by atoms with Crippen molar-refractivity contribution in [3.05, 3.63) is 58.1 Å². The summed E-state index contributed by atoms with van der Waals surface area (Å²) in [6.45, 7) is 1.99. The highest BCUT2D eigenvalue weighted by Gasteiger charge is 2.08. The highest BCUT2D eigenvalue weighted by atomic mass is 79.9. The summed E-state index contributed by atoms with van der Waals surface area (Å²) in [6.07, 6.45) is 1.54. The molecule has 0 bridgehead atoms. The Labute approximate surface area is 194 Å². The van der Waals surface area contributed by atoms with Gasteiger partial charge in [0.1, 0.15) is 11.5 Å². The first kappa shape index (κ1) is 24.9. The lowest BCUT2D eigenvalue weighted by Gasteiger charge is -2.08. The second kappa shape index (κ2) is 13.1. The lowest BCUT2D eigenvalue weighted by molar-refractivity contribution is -0.145. The number of nitrogens with zero attached hydrogens (tertiary/aromatic N) is 1. The van der Waals surface area contributed by atoms with Crippen molar-refractivity contribution >= 4 is 39.9 Å². The van der Waals surface area contributed by atoms with Crippen molar-refractivity contribution in [1.82, 2.24) is 10.7 Å². The quantitative estimate of drug-likeness (QED) is 0.275. The van der Waals surface area contributed by atoms with Crippen LogP contribution in [0.3, 0.4) is 0 Å². The van der Waals surface area contributed by atoms with Crippen LogP contribution in [-0.2, 0) is 14.3 Å². The highest BCUT2D eigenvalue weighted by molar-refractivity contribution is 9.10. The van der Waals surface area contributed by atoms with Gasteiger partial charge in [-0.25, -0.2) is 10.2 Å². The smallest absolute Gasteiger partial charge is 0.344 e. The Morgan fingerprint density at radius 1 is 1.12 bits per heavy atom. The predicted molar refractivity (Wildman–Crippen MR) is 122 cm³/mol. The molecule has 0 unspecified atom stereocenters. The molecule has 0 atom stereocenters. The average molecular weight is 506 g/mol. The molecule has 32 heavy (non-hydrogen) atoms. The molecule has 0 heterocycles. The van der Waals surface area contributed by atoms with E-state index in [4.69, 9.17) is 14.2 Å². The van der Waals surface area contributed by atoms with Gasteiger partial charge in [-0.1, -0.05) is 0 Å². The topological polar surface area (TPSA) is 115 Å². The number of hydrazone groups is 1. The maximum absolute atomic E-state index is 12.0. The van der Waals surface area contributed by atoms with Gasteiger partial charge >= 0.3 is 5.97 Å². The van der Waals surface area contributed by atoms with E-state index < -0.39 is 5.97 Å². The van der Waals surface area contributed by atoms with E-state index in [-0.39, 0.29) is 31.4 Å². The molecule has 0 aliphatic rings. The van der Waals surface area contributed by atoms with Gasteiger partial charge in [0.25, 0.3) is 5.91 Å². The Morgan fingerprint density at radius 2 is 1.88 bits per heavy atom. The van der Waals surface area contributed by atoms with Crippen LogP contribution in [-0.4, -0.2) is 50.9 Å². The molecule has 2 N–H and O–H groups in total. The first-order valence-corrected chi connectivity index (χ1v) is 10.5. The molecule has 2 rings (SSSR count). The zero-order valence-corrected chi connectivity index (χ0v) is 19.3. The molecule has 0 fully saturated rings. The van der Waals surface area contributed by atoms with E-state index in [1.807, 2.05) is 0 Å². The lowest BCUT2D eigenvalue weighted by Crippen LogP contribution is -2.29. The van der Waals surface area contributed by atoms with Crippen molar-refractivity contribution in [3.8, 4) is 11.5 Å². The Balaban J connectivity index is 1.73. The highest BCUT2D eigenvalue weighted by Crippen LogP contribution is 2.25. The number of carbonyl (C=O) groups excluding carboxylic acids is 3. The fourth-order valence-corrected chi connectivity index (χ4v) is 2.93. The minimum atomic E-state index is -0.451. The van der Waals surface area contributed by atoms with E-state index in [9.17, 15) is 14.4 Å². The van der Waals surface area contributed by atoms with Crippen LogP contribution in [0.15, 0.2) is 52.0 Å². The van der Waals surface area contributed by atoms with Gasteiger partial charge in [0, 0.05) is 18.5 Å². The Kier molecular flexibility index (Phi) is 10.2. The molecule has 0 aliphatic heterocycles. The van der Waals surface area contributed by atoms with Gasteiger partial charge in [0.15, 0.2) is 6.61 Å². The minimum Gasteiger partial charge on any atom is -0.497 e. The van der Waals surface area contributed by atoms with Gasteiger partial charge in [-0.15, -0.1) is 0 Å². The summed E-state index contributed by atoms with van der Waals surface area (Å²) in [5.41, 5.74) is 3.58. The Bertz CT molecular complexity index is 963. The number of ether oxygens (including phenoxy) is 3. The van der Waals surface area contributed by atoms with E-state index in [0.29, 0.717) is 33.7 Å². The molecule has 0 saturated heterocycles. The molecule has 0 saturated carbocycles. The van der Waals surface area contributed by atoms with Gasteiger partial charge in [0.2, 0.25) is 5.91 Å². The second-order valence-corrected chi connectivity index (χ2v) is 7.17. The van der Waals surface area contributed by atoms with Crippen LogP contribution in [0.1, 0.15) is 29.3 Å². The molecule has 0 spiro atoms. The molecule has 10 heteroatoms. The maximum Gasteiger partial charge on any atom is 0.344 e. The lowest BCUT2D eigenvalue weighted by atomic mass is 10.2. The van der Waals surface area contributed by atoms with E-state index in [1.165, 1.54) is 6.21 Å². The number of halogens is 1. The largest absolute Gasteiger partial charge is 0.497 e. The molecule has 9 nitrogen and oxygen atoms in total. The summed E-state index contributed by atoms with van der Waals surface area (Å²) in [5.74, 6) is 0.0632. The minimum absolute atomic E-state index is 0.0730. The summed E-state index contributed by atoms with van der Waals surface area (Å²) < 4.78 is 15.9. The molecular formula is C22H24BrN3O6. The van der Waals surface area contributed by atoms with Crippen LogP contribution >= 0.6 is 15.9 Å². The van der Waals surface area contributed by atoms with E-state index >= 15 is 0 Å². The molecule has 0 aromatic heterocycles. The molecule has 2 aromatic rings. The van der Waals surface area contributed by atoms with E-state index in [2.05, 4.69) is 31.8 Å². The van der Waals surface area contributed by atoms with Crippen molar-refractivity contribution in [2.75, 3.05) is 26.9 Å². The summed E-state index contributed by atoms with van der Waals surface area (Å²) in [7, 11) is 1.55. The van der Waals surface area contributed by atoms with Gasteiger partial charge in [0.05, 0.1) is 24.4 Å². The van der Waals surface area contributed by atoms with E-state index in [1.54, 1.807) is 56.5 Å². The number of esters is 1. The van der Waals surface area contributed by atoms with Crippen LogP contribution in [0.4, 0.5) is 0 Å². The van der Waals surface area contributed by atoms with Gasteiger partial charge in [-0.2, -0.15) is 5.10 Å². The molecule has 170 valence electrons. The summed E-state index contributed by atoms with van der Waals surface area (Å²) >= 11 is 3.36. The molecular weight excluding hydrogens is 482 g/mol. The third kappa shape index (κ3) is 8.38. The Hall–Kier alpha value is -3.40. The monoisotopic (exact) mass is 505 g/mol. The number of carbonyl (C=O) groups is 3. The zero-order chi connectivity index (χ0) is 23.3. The van der Waals surface area contributed by atoms with Gasteiger partial charge < -0.3 is 19.5 Å². The van der Waals surface area contributed by atoms with Crippen LogP contribution in [0.25, 0.3) is 0 Å². The fraction of sp³-hybridized carbons (Fsp3) is 0.273. The second-order valence-electron chi connectivity index (χ2n) is 6.31. The number of methoxy groups -OCH3 is 1. The van der Waals surface area contributed by atoms with Crippen LogP contribution in [0, 0.1) is 0 Å².